The van der Waals surface area contributed by atoms with Crippen LogP contribution in [0.4, 0.5) is 0 Å². The average molecular weight is 693 g/mol. The highest BCUT2D eigenvalue weighted by Gasteiger charge is 2.17. The van der Waals surface area contributed by atoms with E-state index in [-0.39, 0.29) is 0 Å². The summed E-state index contributed by atoms with van der Waals surface area (Å²) in [5.74, 6) is 0. The SMILES string of the molecule is Cc1ccccc1-c1ccc2c3c(C)cccc3n(-c3ccc(-c4ccc(-n5c6cc(-c7ccccc7C)ccc6c6c(C)cccc65)cc4)cc3)c2c1. The van der Waals surface area contributed by atoms with E-state index in [9.17, 15) is 0 Å². The van der Waals surface area contributed by atoms with E-state index in [2.05, 4.69) is 207 Å². The minimum atomic E-state index is 1.16. The van der Waals surface area contributed by atoms with E-state index in [4.69, 9.17) is 0 Å². The molecule has 2 nitrogen and oxygen atoms in total. The van der Waals surface area contributed by atoms with Gasteiger partial charge in [0, 0.05) is 32.9 Å². The molecule has 0 bridgehead atoms. The van der Waals surface area contributed by atoms with Gasteiger partial charge in [-0.15, -0.1) is 0 Å². The lowest BCUT2D eigenvalue weighted by Gasteiger charge is -2.12. The van der Waals surface area contributed by atoms with Gasteiger partial charge in [0.1, 0.15) is 0 Å². The molecule has 0 N–H and O–H groups in total. The van der Waals surface area contributed by atoms with Crippen LogP contribution in [0.3, 0.4) is 0 Å². The van der Waals surface area contributed by atoms with Crippen molar-refractivity contribution in [3.05, 3.63) is 192 Å². The van der Waals surface area contributed by atoms with E-state index in [1.165, 1.54) is 99.2 Å². The molecular formula is C52H40N2. The number of nitrogens with zero attached hydrogens (tertiary/aromatic N) is 2. The van der Waals surface area contributed by atoms with E-state index >= 15 is 0 Å². The van der Waals surface area contributed by atoms with Gasteiger partial charge in [-0.3, -0.25) is 0 Å². The predicted octanol–water partition coefficient (Wildman–Crippen LogP) is 14.1. The smallest absolute Gasteiger partial charge is 0.0547 e. The molecule has 0 spiro atoms. The number of benzene rings is 8. The highest BCUT2D eigenvalue weighted by molar-refractivity contribution is 6.13. The monoisotopic (exact) mass is 692 g/mol. The van der Waals surface area contributed by atoms with Crippen molar-refractivity contribution in [3.8, 4) is 44.8 Å². The van der Waals surface area contributed by atoms with Crippen LogP contribution in [0.25, 0.3) is 88.4 Å². The van der Waals surface area contributed by atoms with Crippen LogP contribution in [0.2, 0.25) is 0 Å². The van der Waals surface area contributed by atoms with E-state index in [0.717, 1.165) is 11.4 Å². The second-order valence-corrected chi connectivity index (χ2v) is 14.8. The van der Waals surface area contributed by atoms with E-state index in [1.54, 1.807) is 0 Å². The van der Waals surface area contributed by atoms with Crippen LogP contribution in [-0.2, 0) is 0 Å². The highest BCUT2D eigenvalue weighted by atomic mass is 15.0. The van der Waals surface area contributed by atoms with Gasteiger partial charge >= 0.3 is 0 Å². The molecule has 0 amide bonds. The molecule has 2 heteroatoms. The van der Waals surface area contributed by atoms with Crippen LogP contribution < -0.4 is 0 Å². The maximum Gasteiger partial charge on any atom is 0.0547 e. The third kappa shape index (κ3) is 5.02. The summed E-state index contributed by atoms with van der Waals surface area (Å²) in [6.45, 7) is 8.82. The first-order valence-electron chi connectivity index (χ1n) is 18.9. The average Bonchev–Trinajstić information content (AvgIpc) is 3.72. The Labute approximate surface area is 316 Å². The van der Waals surface area contributed by atoms with Crippen LogP contribution in [0.5, 0.6) is 0 Å². The molecule has 0 unspecified atom stereocenters. The van der Waals surface area contributed by atoms with Gasteiger partial charge in [0.05, 0.1) is 22.1 Å². The molecule has 0 saturated carbocycles. The number of aromatic nitrogens is 2. The van der Waals surface area contributed by atoms with Crippen molar-refractivity contribution in [2.75, 3.05) is 0 Å². The topological polar surface area (TPSA) is 9.86 Å². The summed E-state index contributed by atoms with van der Waals surface area (Å²) in [5.41, 5.74) is 19.8. The molecule has 54 heavy (non-hydrogen) atoms. The van der Waals surface area contributed by atoms with Gasteiger partial charge in [-0.05, 0) is 132 Å². The van der Waals surface area contributed by atoms with Gasteiger partial charge in [-0.25, -0.2) is 0 Å². The molecule has 8 aromatic carbocycles. The minimum Gasteiger partial charge on any atom is -0.309 e. The van der Waals surface area contributed by atoms with Gasteiger partial charge in [0.15, 0.2) is 0 Å². The number of hydrogen-bond acceptors (Lipinski definition) is 0. The van der Waals surface area contributed by atoms with E-state index in [0.29, 0.717) is 0 Å². The summed E-state index contributed by atoms with van der Waals surface area (Å²) in [5, 5.41) is 5.20. The van der Waals surface area contributed by atoms with Crippen molar-refractivity contribution in [2.45, 2.75) is 27.7 Å². The lowest BCUT2D eigenvalue weighted by atomic mass is 9.99. The summed E-state index contributed by atoms with van der Waals surface area (Å²) in [7, 11) is 0. The summed E-state index contributed by atoms with van der Waals surface area (Å²) >= 11 is 0. The molecule has 0 radical (unpaired) electrons. The van der Waals surface area contributed by atoms with Gasteiger partial charge in [-0.1, -0.05) is 121 Å². The molecule has 2 aromatic heterocycles. The fourth-order valence-corrected chi connectivity index (χ4v) is 8.78. The number of rotatable bonds is 5. The maximum absolute atomic E-state index is 2.43. The van der Waals surface area contributed by atoms with Crippen LogP contribution >= 0.6 is 0 Å². The van der Waals surface area contributed by atoms with Crippen molar-refractivity contribution in [2.24, 2.45) is 0 Å². The molecule has 0 aliphatic rings. The van der Waals surface area contributed by atoms with E-state index < -0.39 is 0 Å². The zero-order valence-electron chi connectivity index (χ0n) is 31.1. The highest BCUT2D eigenvalue weighted by Crippen LogP contribution is 2.39. The fraction of sp³-hybridized carbons (Fsp3) is 0.0769. The summed E-state index contributed by atoms with van der Waals surface area (Å²) in [4.78, 5) is 0. The predicted molar refractivity (Wildman–Crippen MR) is 230 cm³/mol. The van der Waals surface area contributed by atoms with Crippen molar-refractivity contribution >= 4 is 43.6 Å². The number of aryl methyl sites for hydroxylation is 4. The molecule has 0 atom stereocenters. The number of fused-ring (bicyclic) bond motifs is 6. The molecule has 0 fully saturated rings. The Morgan fingerprint density at radius 1 is 0.296 bits per heavy atom. The molecule has 2 heterocycles. The zero-order chi connectivity index (χ0) is 36.5. The molecule has 0 saturated heterocycles. The van der Waals surface area contributed by atoms with Crippen molar-refractivity contribution < 1.29 is 0 Å². The number of hydrogen-bond donors (Lipinski definition) is 0. The van der Waals surface area contributed by atoms with Crippen LogP contribution in [-0.4, -0.2) is 9.13 Å². The normalized spacial score (nSPS) is 11.7. The Morgan fingerprint density at radius 3 is 1.07 bits per heavy atom. The molecule has 0 aliphatic heterocycles. The maximum atomic E-state index is 2.43. The lowest BCUT2D eigenvalue weighted by Crippen LogP contribution is -1.95. The summed E-state index contributed by atoms with van der Waals surface area (Å²) in [6.07, 6.45) is 0. The van der Waals surface area contributed by atoms with Gasteiger partial charge in [0.2, 0.25) is 0 Å². The van der Waals surface area contributed by atoms with Crippen LogP contribution in [0, 0.1) is 27.7 Å². The lowest BCUT2D eigenvalue weighted by molar-refractivity contribution is 1.18. The zero-order valence-corrected chi connectivity index (χ0v) is 31.1. The first-order chi connectivity index (χ1) is 26.4. The third-order valence-electron chi connectivity index (χ3n) is 11.5. The molecule has 10 rings (SSSR count). The third-order valence-corrected chi connectivity index (χ3v) is 11.5. The summed E-state index contributed by atoms with van der Waals surface area (Å²) < 4.78 is 4.86. The molecule has 258 valence electrons. The second-order valence-electron chi connectivity index (χ2n) is 14.8. The Morgan fingerprint density at radius 2 is 0.667 bits per heavy atom. The van der Waals surface area contributed by atoms with Crippen molar-refractivity contribution in [1.29, 1.82) is 0 Å². The summed E-state index contributed by atoms with van der Waals surface area (Å²) in [6, 6.07) is 62.6. The van der Waals surface area contributed by atoms with Gasteiger partial charge in [0.25, 0.3) is 0 Å². The molecular weight excluding hydrogens is 653 g/mol. The second kappa shape index (κ2) is 12.5. The van der Waals surface area contributed by atoms with Crippen molar-refractivity contribution in [3.63, 3.8) is 0 Å². The first kappa shape index (κ1) is 32.0. The van der Waals surface area contributed by atoms with E-state index in [1.807, 2.05) is 0 Å². The van der Waals surface area contributed by atoms with Gasteiger partial charge in [-0.2, -0.15) is 0 Å². The largest absolute Gasteiger partial charge is 0.309 e. The minimum absolute atomic E-state index is 1.16. The first-order valence-corrected chi connectivity index (χ1v) is 18.9. The Kier molecular flexibility index (Phi) is 7.42. The Balaban J connectivity index is 1.06. The van der Waals surface area contributed by atoms with Crippen molar-refractivity contribution in [1.82, 2.24) is 9.13 Å². The standard InChI is InChI=1S/C52H40N2/c1-33-11-5-7-15-43(33)39-23-29-45-49(31-39)53(47-17-9-13-35(3)51(45)47)41-25-19-37(20-26-41)38-21-27-42(28-22-38)54-48-18-10-14-36(4)52(48)46-30-24-40(32-50(46)54)44-16-8-6-12-34(44)2/h5-32H,1-4H3. The molecule has 10 aromatic rings. The van der Waals surface area contributed by atoms with Crippen LogP contribution in [0.15, 0.2) is 170 Å². The Bertz CT molecular complexity index is 2850. The van der Waals surface area contributed by atoms with Crippen LogP contribution in [0.1, 0.15) is 22.3 Å². The Hall–Kier alpha value is -6.64. The van der Waals surface area contributed by atoms with Gasteiger partial charge < -0.3 is 9.13 Å². The quantitative estimate of drug-likeness (QED) is 0.170. The molecule has 0 aliphatic carbocycles. The fourth-order valence-electron chi connectivity index (χ4n) is 8.78.